The molecule has 0 saturated carbocycles. The SMILES string of the molecule is CCC[C@@H]1CC(O)=CC(=O)N1. The second-order valence-corrected chi connectivity index (χ2v) is 2.83. The van der Waals surface area contributed by atoms with E-state index >= 15 is 0 Å². The molecule has 2 N–H and O–H groups in total. The minimum Gasteiger partial charge on any atom is -0.512 e. The van der Waals surface area contributed by atoms with Gasteiger partial charge in [0.25, 0.3) is 0 Å². The van der Waals surface area contributed by atoms with Gasteiger partial charge in [0, 0.05) is 18.5 Å². The maximum Gasteiger partial charge on any atom is 0.247 e. The molecule has 1 heterocycles. The molecule has 0 aromatic rings. The summed E-state index contributed by atoms with van der Waals surface area (Å²) in [6.45, 7) is 2.06. The molecule has 0 spiro atoms. The van der Waals surface area contributed by atoms with Crippen molar-refractivity contribution in [2.24, 2.45) is 0 Å². The lowest BCUT2D eigenvalue weighted by Gasteiger charge is -2.20. The molecule has 0 bridgehead atoms. The number of aliphatic hydroxyl groups is 1. The quantitative estimate of drug-likeness (QED) is 0.627. The van der Waals surface area contributed by atoms with Gasteiger partial charge in [-0.2, -0.15) is 0 Å². The Bertz CT molecular complexity index is 187. The second-order valence-electron chi connectivity index (χ2n) is 2.83. The van der Waals surface area contributed by atoms with Gasteiger partial charge in [-0.1, -0.05) is 13.3 Å². The molecular formula is C8H13NO2. The lowest BCUT2D eigenvalue weighted by Crippen LogP contribution is -2.37. The summed E-state index contributed by atoms with van der Waals surface area (Å²) < 4.78 is 0. The third-order valence-electron chi connectivity index (χ3n) is 1.74. The average molecular weight is 155 g/mol. The van der Waals surface area contributed by atoms with Crippen LogP contribution in [0.4, 0.5) is 0 Å². The van der Waals surface area contributed by atoms with Crippen LogP contribution in [0.15, 0.2) is 11.8 Å². The third-order valence-corrected chi connectivity index (χ3v) is 1.74. The number of hydrogen-bond donors (Lipinski definition) is 2. The molecule has 0 radical (unpaired) electrons. The largest absolute Gasteiger partial charge is 0.512 e. The third kappa shape index (κ3) is 2.26. The van der Waals surface area contributed by atoms with E-state index in [1.54, 1.807) is 0 Å². The van der Waals surface area contributed by atoms with Crippen molar-refractivity contribution in [2.75, 3.05) is 0 Å². The molecule has 0 unspecified atom stereocenters. The molecule has 1 aliphatic heterocycles. The number of aliphatic hydroxyl groups excluding tert-OH is 1. The van der Waals surface area contributed by atoms with E-state index in [4.69, 9.17) is 5.11 Å². The van der Waals surface area contributed by atoms with Gasteiger partial charge in [0.2, 0.25) is 5.91 Å². The number of nitrogens with one attached hydrogen (secondary N) is 1. The first-order chi connectivity index (χ1) is 5.22. The fraction of sp³-hybridized carbons (Fsp3) is 0.625. The van der Waals surface area contributed by atoms with Gasteiger partial charge in [-0.15, -0.1) is 0 Å². The van der Waals surface area contributed by atoms with Crippen LogP contribution in [-0.4, -0.2) is 17.1 Å². The minimum absolute atomic E-state index is 0.137. The smallest absolute Gasteiger partial charge is 0.247 e. The Hall–Kier alpha value is -0.990. The van der Waals surface area contributed by atoms with Gasteiger partial charge in [-0.25, -0.2) is 0 Å². The van der Waals surface area contributed by atoms with Gasteiger partial charge in [0.1, 0.15) is 0 Å². The monoisotopic (exact) mass is 155 g/mol. The van der Waals surface area contributed by atoms with Gasteiger partial charge in [-0.3, -0.25) is 4.79 Å². The first-order valence-corrected chi connectivity index (χ1v) is 3.92. The molecule has 0 aromatic heterocycles. The van der Waals surface area contributed by atoms with Crippen molar-refractivity contribution in [3.05, 3.63) is 11.8 Å². The summed E-state index contributed by atoms with van der Waals surface area (Å²) in [6.07, 6.45) is 3.79. The summed E-state index contributed by atoms with van der Waals surface area (Å²) >= 11 is 0. The Kier molecular flexibility index (Phi) is 2.52. The summed E-state index contributed by atoms with van der Waals surface area (Å²) in [5, 5.41) is 11.8. The molecule has 3 heteroatoms. The zero-order chi connectivity index (χ0) is 8.27. The highest BCUT2D eigenvalue weighted by Crippen LogP contribution is 2.11. The number of hydrogen-bond acceptors (Lipinski definition) is 2. The number of carbonyl (C=O) groups is 1. The van der Waals surface area contributed by atoms with Crippen LogP contribution in [0.1, 0.15) is 26.2 Å². The van der Waals surface area contributed by atoms with E-state index in [9.17, 15) is 4.79 Å². The van der Waals surface area contributed by atoms with Gasteiger partial charge >= 0.3 is 0 Å². The van der Waals surface area contributed by atoms with Crippen molar-refractivity contribution in [3.63, 3.8) is 0 Å². The van der Waals surface area contributed by atoms with E-state index in [1.165, 1.54) is 6.08 Å². The molecule has 0 saturated heterocycles. The van der Waals surface area contributed by atoms with Crippen LogP contribution < -0.4 is 5.32 Å². The molecule has 62 valence electrons. The number of carbonyl (C=O) groups excluding carboxylic acids is 1. The zero-order valence-electron chi connectivity index (χ0n) is 6.63. The van der Waals surface area contributed by atoms with Crippen molar-refractivity contribution in [1.29, 1.82) is 0 Å². The topological polar surface area (TPSA) is 49.3 Å². The Labute approximate surface area is 66.1 Å². The molecule has 0 fully saturated rings. The van der Waals surface area contributed by atoms with E-state index in [-0.39, 0.29) is 17.7 Å². The van der Waals surface area contributed by atoms with Gasteiger partial charge < -0.3 is 10.4 Å². The lowest BCUT2D eigenvalue weighted by molar-refractivity contribution is -0.117. The van der Waals surface area contributed by atoms with E-state index in [0.29, 0.717) is 6.42 Å². The molecule has 3 nitrogen and oxygen atoms in total. The highest BCUT2D eigenvalue weighted by Gasteiger charge is 2.17. The van der Waals surface area contributed by atoms with Crippen LogP contribution in [0.3, 0.4) is 0 Å². The fourth-order valence-electron chi connectivity index (χ4n) is 1.28. The Morgan fingerprint density at radius 1 is 1.82 bits per heavy atom. The zero-order valence-corrected chi connectivity index (χ0v) is 6.63. The average Bonchev–Trinajstić information content (AvgIpc) is 1.85. The number of amides is 1. The molecule has 0 aromatic carbocycles. The Morgan fingerprint density at radius 2 is 2.55 bits per heavy atom. The van der Waals surface area contributed by atoms with E-state index in [0.717, 1.165) is 12.8 Å². The lowest BCUT2D eigenvalue weighted by atomic mass is 10.0. The molecule has 11 heavy (non-hydrogen) atoms. The van der Waals surface area contributed by atoms with Crippen molar-refractivity contribution in [3.8, 4) is 0 Å². The van der Waals surface area contributed by atoms with Crippen LogP contribution in [0.5, 0.6) is 0 Å². The van der Waals surface area contributed by atoms with Crippen molar-refractivity contribution in [1.82, 2.24) is 5.32 Å². The Balaban J connectivity index is 2.50. The van der Waals surface area contributed by atoms with Crippen LogP contribution in [0.2, 0.25) is 0 Å². The highest BCUT2D eigenvalue weighted by atomic mass is 16.3. The maximum absolute atomic E-state index is 10.8. The molecule has 0 aliphatic carbocycles. The fourth-order valence-corrected chi connectivity index (χ4v) is 1.28. The van der Waals surface area contributed by atoms with Crippen LogP contribution in [-0.2, 0) is 4.79 Å². The molecule has 1 atom stereocenters. The van der Waals surface area contributed by atoms with E-state index in [1.807, 2.05) is 0 Å². The van der Waals surface area contributed by atoms with Crippen LogP contribution in [0.25, 0.3) is 0 Å². The normalized spacial score (nSPS) is 24.3. The second kappa shape index (κ2) is 3.42. The summed E-state index contributed by atoms with van der Waals surface area (Å²) in [5.41, 5.74) is 0. The summed E-state index contributed by atoms with van der Waals surface area (Å²) in [6, 6.07) is 0.137. The van der Waals surface area contributed by atoms with Crippen LogP contribution >= 0.6 is 0 Å². The van der Waals surface area contributed by atoms with Crippen molar-refractivity contribution < 1.29 is 9.90 Å². The standard InChI is InChI=1S/C8H13NO2/c1-2-3-6-4-7(10)5-8(11)9-6/h5-6,10H,2-4H2,1H3,(H,9,11)/t6-/m1/s1. The summed E-state index contributed by atoms with van der Waals surface area (Å²) in [4.78, 5) is 10.8. The Morgan fingerprint density at radius 3 is 3.09 bits per heavy atom. The maximum atomic E-state index is 10.8. The van der Waals surface area contributed by atoms with Gasteiger partial charge in [0.05, 0.1) is 5.76 Å². The predicted molar refractivity (Wildman–Crippen MR) is 42.2 cm³/mol. The predicted octanol–water partition coefficient (Wildman–Crippen LogP) is 1.12. The first-order valence-electron chi connectivity index (χ1n) is 3.92. The van der Waals surface area contributed by atoms with Crippen molar-refractivity contribution in [2.45, 2.75) is 32.2 Å². The molecule has 1 rings (SSSR count). The first kappa shape index (κ1) is 8.11. The summed E-state index contributed by atoms with van der Waals surface area (Å²) in [7, 11) is 0. The summed E-state index contributed by atoms with van der Waals surface area (Å²) in [5.74, 6) is 0.0272. The van der Waals surface area contributed by atoms with E-state index in [2.05, 4.69) is 12.2 Å². The van der Waals surface area contributed by atoms with Gasteiger partial charge in [0.15, 0.2) is 0 Å². The highest BCUT2D eigenvalue weighted by molar-refractivity contribution is 5.89. The molecule has 1 amide bonds. The van der Waals surface area contributed by atoms with Crippen LogP contribution in [0, 0.1) is 0 Å². The van der Waals surface area contributed by atoms with Gasteiger partial charge in [-0.05, 0) is 6.42 Å². The minimum atomic E-state index is -0.174. The van der Waals surface area contributed by atoms with Crippen molar-refractivity contribution >= 4 is 5.91 Å². The van der Waals surface area contributed by atoms with E-state index < -0.39 is 0 Å². The molecule has 1 aliphatic rings. The number of rotatable bonds is 2. The molecular weight excluding hydrogens is 142 g/mol.